The largest absolute Gasteiger partial charge is 0.497 e. The van der Waals surface area contributed by atoms with Gasteiger partial charge in [0.1, 0.15) is 5.75 Å². The number of hydrogen-bond acceptors (Lipinski definition) is 3. The highest BCUT2D eigenvalue weighted by Crippen LogP contribution is 2.45. The van der Waals surface area contributed by atoms with Crippen molar-refractivity contribution in [1.29, 1.82) is 0 Å². The summed E-state index contributed by atoms with van der Waals surface area (Å²) in [7, 11) is 5.56. The molecule has 1 aliphatic carbocycles. The van der Waals surface area contributed by atoms with Crippen LogP contribution in [0.1, 0.15) is 49.0 Å². The summed E-state index contributed by atoms with van der Waals surface area (Å²) < 4.78 is 5.30. The Kier molecular flexibility index (Phi) is 4.40. The second-order valence-electron chi connectivity index (χ2n) is 6.02. The van der Waals surface area contributed by atoms with Crippen LogP contribution in [0.15, 0.2) is 30.0 Å². The number of hydrogen-bond donors (Lipinski definition) is 0. The van der Waals surface area contributed by atoms with Gasteiger partial charge in [-0.1, -0.05) is 19.9 Å². The first-order chi connectivity index (χ1) is 9.97. The van der Waals surface area contributed by atoms with Crippen molar-refractivity contribution in [3.8, 4) is 5.75 Å². The van der Waals surface area contributed by atoms with Crippen molar-refractivity contribution in [3.63, 3.8) is 0 Å². The summed E-state index contributed by atoms with van der Waals surface area (Å²) in [6.45, 7) is 4.42. The molecule has 1 aromatic carbocycles. The zero-order valence-electron chi connectivity index (χ0n) is 13.7. The summed E-state index contributed by atoms with van der Waals surface area (Å²) in [5, 5.41) is 0. The van der Waals surface area contributed by atoms with Crippen molar-refractivity contribution in [2.75, 3.05) is 21.2 Å². The molecule has 0 fully saturated rings. The molecule has 3 nitrogen and oxygen atoms in total. The second kappa shape index (κ2) is 5.92. The molecule has 0 spiro atoms. The first-order valence-corrected chi connectivity index (χ1v) is 7.57. The summed E-state index contributed by atoms with van der Waals surface area (Å²) in [5.74, 6) is 0.879. The maximum absolute atomic E-state index is 12.8. The zero-order valence-corrected chi connectivity index (χ0v) is 13.7. The van der Waals surface area contributed by atoms with Crippen LogP contribution in [0, 0.1) is 0 Å². The van der Waals surface area contributed by atoms with Crippen molar-refractivity contribution in [1.82, 2.24) is 4.90 Å². The van der Waals surface area contributed by atoms with Gasteiger partial charge in [-0.2, -0.15) is 0 Å². The van der Waals surface area contributed by atoms with E-state index in [1.165, 1.54) is 5.56 Å². The molecule has 0 saturated heterocycles. The minimum atomic E-state index is 0.0529. The molecule has 0 aliphatic heterocycles. The molecule has 1 aliphatic rings. The van der Waals surface area contributed by atoms with E-state index in [1.54, 1.807) is 7.11 Å². The fourth-order valence-electron chi connectivity index (χ4n) is 3.31. The van der Waals surface area contributed by atoms with Gasteiger partial charge in [0.25, 0.3) is 0 Å². The Morgan fingerprint density at radius 2 is 1.95 bits per heavy atom. The average molecular weight is 287 g/mol. The summed E-state index contributed by atoms with van der Waals surface area (Å²) >= 11 is 0. The molecule has 0 unspecified atom stereocenters. The Hall–Kier alpha value is -1.77. The lowest BCUT2D eigenvalue weighted by Crippen LogP contribution is -2.34. The smallest absolute Gasteiger partial charge is 0.190 e. The summed E-state index contributed by atoms with van der Waals surface area (Å²) in [4.78, 5) is 14.7. The minimum Gasteiger partial charge on any atom is -0.497 e. The van der Waals surface area contributed by atoms with Crippen LogP contribution in [0.3, 0.4) is 0 Å². The standard InChI is InChI=1S/C18H25NO2/c1-6-18(7-2)11-13(12-19(3)4)17(20)15-10-14(21-5)8-9-16(15)18/h8-10,12H,6-7,11H2,1-5H3. The third kappa shape index (κ3) is 2.69. The first kappa shape index (κ1) is 15.6. The molecule has 1 aromatic rings. The lowest BCUT2D eigenvalue weighted by Gasteiger charge is -2.38. The van der Waals surface area contributed by atoms with E-state index in [9.17, 15) is 4.79 Å². The Bertz CT molecular complexity index is 569. The maximum atomic E-state index is 12.8. The van der Waals surface area contributed by atoms with Gasteiger partial charge in [0.2, 0.25) is 0 Å². The molecular weight excluding hydrogens is 262 g/mol. The molecule has 0 bridgehead atoms. The van der Waals surface area contributed by atoms with E-state index in [4.69, 9.17) is 4.74 Å². The normalized spacial score (nSPS) is 18.5. The third-order valence-electron chi connectivity index (χ3n) is 4.63. The number of carbonyl (C=O) groups is 1. The Labute approximate surface area is 127 Å². The van der Waals surface area contributed by atoms with Crippen LogP contribution in [0.4, 0.5) is 0 Å². The second-order valence-corrected chi connectivity index (χ2v) is 6.02. The van der Waals surface area contributed by atoms with Crippen LogP contribution < -0.4 is 4.74 Å². The average Bonchev–Trinajstić information content (AvgIpc) is 2.49. The van der Waals surface area contributed by atoms with Gasteiger partial charge >= 0.3 is 0 Å². The van der Waals surface area contributed by atoms with Gasteiger partial charge in [-0.25, -0.2) is 0 Å². The summed E-state index contributed by atoms with van der Waals surface area (Å²) in [6, 6.07) is 5.93. The van der Waals surface area contributed by atoms with E-state index in [2.05, 4.69) is 19.9 Å². The Balaban J connectivity index is 2.64. The molecule has 3 heteroatoms. The molecule has 0 N–H and O–H groups in total. The van der Waals surface area contributed by atoms with Gasteiger partial charge in [-0.15, -0.1) is 0 Å². The predicted octanol–water partition coefficient (Wildman–Crippen LogP) is 3.78. The van der Waals surface area contributed by atoms with Gasteiger partial charge in [0, 0.05) is 31.4 Å². The number of fused-ring (bicyclic) bond motifs is 1. The van der Waals surface area contributed by atoms with Crippen LogP contribution in [0.25, 0.3) is 0 Å². The van der Waals surface area contributed by atoms with Crippen molar-refractivity contribution >= 4 is 5.78 Å². The van der Waals surface area contributed by atoms with E-state index in [0.717, 1.165) is 36.1 Å². The Morgan fingerprint density at radius 1 is 1.29 bits per heavy atom. The van der Waals surface area contributed by atoms with Crippen molar-refractivity contribution < 1.29 is 9.53 Å². The van der Waals surface area contributed by atoms with E-state index >= 15 is 0 Å². The van der Waals surface area contributed by atoms with Gasteiger partial charge < -0.3 is 9.64 Å². The van der Waals surface area contributed by atoms with Crippen LogP contribution in [0.5, 0.6) is 5.75 Å². The van der Waals surface area contributed by atoms with E-state index < -0.39 is 0 Å². The highest BCUT2D eigenvalue weighted by Gasteiger charge is 2.39. The molecule has 0 heterocycles. The van der Waals surface area contributed by atoms with Crippen molar-refractivity contribution in [2.45, 2.75) is 38.5 Å². The zero-order chi connectivity index (χ0) is 15.6. The molecule has 2 rings (SSSR count). The summed E-state index contributed by atoms with van der Waals surface area (Å²) in [5.41, 5.74) is 2.92. The van der Waals surface area contributed by atoms with E-state index in [-0.39, 0.29) is 11.2 Å². The number of benzene rings is 1. The molecular formula is C18H25NO2. The van der Waals surface area contributed by atoms with E-state index in [0.29, 0.717) is 0 Å². The molecule has 0 radical (unpaired) electrons. The lowest BCUT2D eigenvalue weighted by atomic mass is 9.65. The Morgan fingerprint density at radius 3 is 2.48 bits per heavy atom. The van der Waals surface area contributed by atoms with Crippen LogP contribution in [-0.4, -0.2) is 31.9 Å². The lowest BCUT2D eigenvalue weighted by molar-refractivity contribution is 0.100. The molecule has 0 amide bonds. The van der Waals surface area contributed by atoms with E-state index in [1.807, 2.05) is 37.3 Å². The number of Topliss-reactive ketones (excluding diaryl/α,β-unsaturated/α-hetero) is 1. The highest BCUT2D eigenvalue weighted by molar-refractivity contribution is 6.11. The quantitative estimate of drug-likeness (QED) is 0.789. The number of methoxy groups -OCH3 is 1. The third-order valence-corrected chi connectivity index (χ3v) is 4.63. The van der Waals surface area contributed by atoms with Gasteiger partial charge in [0.05, 0.1) is 7.11 Å². The fraction of sp³-hybridized carbons (Fsp3) is 0.500. The molecule has 0 saturated carbocycles. The minimum absolute atomic E-state index is 0.0529. The van der Waals surface area contributed by atoms with Gasteiger partial charge in [-0.05, 0) is 42.4 Å². The number of ether oxygens (including phenoxy) is 1. The molecule has 21 heavy (non-hydrogen) atoms. The highest BCUT2D eigenvalue weighted by atomic mass is 16.5. The van der Waals surface area contributed by atoms with Crippen LogP contribution in [0.2, 0.25) is 0 Å². The van der Waals surface area contributed by atoms with Crippen LogP contribution in [-0.2, 0) is 5.41 Å². The van der Waals surface area contributed by atoms with Crippen molar-refractivity contribution in [2.24, 2.45) is 0 Å². The topological polar surface area (TPSA) is 29.5 Å². The number of ketones is 1. The number of rotatable bonds is 4. The monoisotopic (exact) mass is 287 g/mol. The first-order valence-electron chi connectivity index (χ1n) is 7.57. The van der Waals surface area contributed by atoms with Crippen LogP contribution >= 0.6 is 0 Å². The van der Waals surface area contributed by atoms with Gasteiger partial charge in [0.15, 0.2) is 5.78 Å². The number of carbonyl (C=O) groups excluding carboxylic acids is 1. The SMILES string of the molecule is CCC1(CC)CC(=CN(C)C)C(=O)c2cc(OC)ccc21. The van der Waals surface area contributed by atoms with Crippen molar-refractivity contribution in [3.05, 3.63) is 41.1 Å². The maximum Gasteiger partial charge on any atom is 0.190 e. The fourth-order valence-corrected chi connectivity index (χ4v) is 3.31. The van der Waals surface area contributed by atoms with Gasteiger partial charge in [-0.3, -0.25) is 4.79 Å². The molecule has 0 aromatic heterocycles. The number of allylic oxidation sites excluding steroid dienone is 1. The summed E-state index contributed by atoms with van der Waals surface area (Å²) in [6.07, 6.45) is 4.84. The number of nitrogens with zero attached hydrogens (tertiary/aromatic N) is 1. The molecule has 114 valence electrons. The predicted molar refractivity (Wildman–Crippen MR) is 86.0 cm³/mol. The molecule has 0 atom stereocenters.